The lowest BCUT2D eigenvalue weighted by Crippen LogP contribution is -2.12. The van der Waals surface area contributed by atoms with Crippen LogP contribution in [0.5, 0.6) is 11.5 Å². The zero-order valence-corrected chi connectivity index (χ0v) is 11.1. The third-order valence-electron chi connectivity index (χ3n) is 2.63. The van der Waals surface area contributed by atoms with Gasteiger partial charge in [0.15, 0.2) is 11.5 Å². The molecule has 0 amide bonds. The first-order valence-corrected chi connectivity index (χ1v) is 6.36. The Hall–Kier alpha value is -2.36. The van der Waals surface area contributed by atoms with Gasteiger partial charge in [-0.25, -0.2) is 4.39 Å². The second-order valence-corrected chi connectivity index (χ2v) is 4.16. The van der Waals surface area contributed by atoms with E-state index < -0.39 is 5.97 Å². The summed E-state index contributed by atoms with van der Waals surface area (Å²) in [6.45, 7) is 2.35. The number of carbonyl (C=O) groups is 1. The first kappa shape index (κ1) is 14.1. The number of para-hydroxylation sites is 2. The number of ether oxygens (including phenoxy) is 2. The molecule has 0 bridgehead atoms. The molecule has 4 heteroatoms. The fourth-order valence-corrected chi connectivity index (χ4v) is 1.74. The normalized spacial score (nSPS) is 10.1. The summed E-state index contributed by atoms with van der Waals surface area (Å²) in [5.74, 6) is 0.177. The summed E-state index contributed by atoms with van der Waals surface area (Å²) in [7, 11) is 0. The summed E-state index contributed by atoms with van der Waals surface area (Å²) in [4.78, 5) is 11.9. The van der Waals surface area contributed by atoms with E-state index in [1.54, 1.807) is 30.3 Å². The lowest BCUT2D eigenvalue weighted by Gasteiger charge is -2.10. The molecule has 0 spiro atoms. The number of carbonyl (C=O) groups excluding carboxylic acids is 1. The molecule has 3 nitrogen and oxygen atoms in total. The highest BCUT2D eigenvalue weighted by Crippen LogP contribution is 2.26. The van der Waals surface area contributed by atoms with Crippen LogP contribution < -0.4 is 9.47 Å². The Kier molecular flexibility index (Phi) is 4.71. The first-order valence-electron chi connectivity index (χ1n) is 6.36. The average molecular weight is 274 g/mol. The van der Waals surface area contributed by atoms with Crippen LogP contribution in [0.15, 0.2) is 48.5 Å². The maximum absolute atomic E-state index is 12.8. The van der Waals surface area contributed by atoms with Gasteiger partial charge >= 0.3 is 5.97 Å². The van der Waals surface area contributed by atoms with Crippen molar-refractivity contribution in [1.29, 1.82) is 0 Å². The van der Waals surface area contributed by atoms with Crippen LogP contribution in [-0.2, 0) is 11.2 Å². The SMILES string of the molecule is CCOc1ccccc1OC(=O)Cc1ccc(F)cc1. The van der Waals surface area contributed by atoms with E-state index in [1.165, 1.54) is 12.1 Å². The zero-order chi connectivity index (χ0) is 14.4. The van der Waals surface area contributed by atoms with Gasteiger partial charge in [0.1, 0.15) is 5.82 Å². The predicted octanol–water partition coefficient (Wildman–Crippen LogP) is 3.37. The highest BCUT2D eigenvalue weighted by atomic mass is 19.1. The minimum atomic E-state index is -0.413. The first-order chi connectivity index (χ1) is 9.69. The molecule has 0 aliphatic carbocycles. The fraction of sp³-hybridized carbons (Fsp3) is 0.188. The summed E-state index contributed by atoms with van der Waals surface area (Å²) in [5, 5.41) is 0. The van der Waals surface area contributed by atoms with Crippen LogP contribution in [0.4, 0.5) is 4.39 Å². The number of esters is 1. The van der Waals surface area contributed by atoms with Crippen LogP contribution in [0.25, 0.3) is 0 Å². The highest BCUT2D eigenvalue weighted by molar-refractivity contribution is 5.75. The lowest BCUT2D eigenvalue weighted by molar-refractivity contribution is -0.133. The fourth-order valence-electron chi connectivity index (χ4n) is 1.74. The Morgan fingerprint density at radius 3 is 2.35 bits per heavy atom. The van der Waals surface area contributed by atoms with E-state index >= 15 is 0 Å². The van der Waals surface area contributed by atoms with Gasteiger partial charge in [-0.05, 0) is 36.8 Å². The van der Waals surface area contributed by atoms with Crippen molar-refractivity contribution >= 4 is 5.97 Å². The Bertz CT molecular complexity index is 579. The topological polar surface area (TPSA) is 35.5 Å². The second kappa shape index (κ2) is 6.70. The molecule has 0 saturated carbocycles. The molecule has 0 saturated heterocycles. The van der Waals surface area contributed by atoms with Crippen LogP contribution in [0.2, 0.25) is 0 Å². The van der Waals surface area contributed by atoms with Crippen molar-refractivity contribution in [3.8, 4) is 11.5 Å². The van der Waals surface area contributed by atoms with Gasteiger partial charge in [-0.1, -0.05) is 24.3 Å². The molecule has 0 aliphatic rings. The predicted molar refractivity (Wildman–Crippen MR) is 73.4 cm³/mol. The van der Waals surface area contributed by atoms with Crippen LogP contribution >= 0.6 is 0 Å². The Labute approximate surface area is 117 Å². The summed E-state index contributed by atoms with van der Waals surface area (Å²) in [6.07, 6.45) is 0.0841. The van der Waals surface area contributed by atoms with Crippen molar-refractivity contribution in [2.75, 3.05) is 6.61 Å². The van der Waals surface area contributed by atoms with Crippen LogP contribution in [-0.4, -0.2) is 12.6 Å². The summed E-state index contributed by atoms with van der Waals surface area (Å²) in [6, 6.07) is 12.7. The number of halogens is 1. The van der Waals surface area contributed by atoms with Gasteiger partial charge in [-0.2, -0.15) is 0 Å². The van der Waals surface area contributed by atoms with Crippen molar-refractivity contribution in [1.82, 2.24) is 0 Å². The number of rotatable bonds is 5. The van der Waals surface area contributed by atoms with Crippen molar-refractivity contribution in [2.24, 2.45) is 0 Å². The molecule has 0 N–H and O–H groups in total. The maximum atomic E-state index is 12.8. The maximum Gasteiger partial charge on any atom is 0.315 e. The molecule has 0 atom stereocenters. The van der Waals surface area contributed by atoms with Gasteiger partial charge in [-0.3, -0.25) is 4.79 Å². The van der Waals surface area contributed by atoms with Crippen molar-refractivity contribution in [2.45, 2.75) is 13.3 Å². The Morgan fingerprint density at radius 1 is 1.05 bits per heavy atom. The summed E-state index contributed by atoms with van der Waals surface area (Å²) < 4.78 is 23.4. The van der Waals surface area contributed by atoms with Crippen molar-refractivity contribution in [3.05, 3.63) is 59.9 Å². The molecule has 2 aromatic rings. The van der Waals surface area contributed by atoms with Crippen molar-refractivity contribution < 1.29 is 18.7 Å². The number of hydrogen-bond donors (Lipinski definition) is 0. The van der Waals surface area contributed by atoms with Gasteiger partial charge in [0, 0.05) is 0 Å². The van der Waals surface area contributed by atoms with Gasteiger partial charge in [0.2, 0.25) is 0 Å². The van der Waals surface area contributed by atoms with Gasteiger partial charge in [0.25, 0.3) is 0 Å². The molecule has 2 aromatic carbocycles. The number of benzene rings is 2. The smallest absolute Gasteiger partial charge is 0.315 e. The van der Waals surface area contributed by atoms with Crippen LogP contribution in [0.1, 0.15) is 12.5 Å². The molecule has 0 aromatic heterocycles. The van der Waals surface area contributed by atoms with E-state index in [-0.39, 0.29) is 12.2 Å². The van der Waals surface area contributed by atoms with Gasteiger partial charge in [0.05, 0.1) is 13.0 Å². The Morgan fingerprint density at radius 2 is 1.70 bits per heavy atom. The summed E-state index contributed by atoms with van der Waals surface area (Å²) >= 11 is 0. The third-order valence-corrected chi connectivity index (χ3v) is 2.63. The molecule has 20 heavy (non-hydrogen) atoms. The second-order valence-electron chi connectivity index (χ2n) is 4.16. The largest absolute Gasteiger partial charge is 0.490 e. The third kappa shape index (κ3) is 3.82. The number of hydrogen-bond acceptors (Lipinski definition) is 3. The molecular formula is C16H15FO3. The molecule has 2 rings (SSSR count). The van der Waals surface area contributed by atoms with E-state index in [1.807, 2.05) is 13.0 Å². The van der Waals surface area contributed by atoms with Crippen molar-refractivity contribution in [3.63, 3.8) is 0 Å². The van der Waals surface area contributed by atoms with Gasteiger partial charge < -0.3 is 9.47 Å². The standard InChI is InChI=1S/C16H15FO3/c1-2-19-14-5-3-4-6-15(14)20-16(18)11-12-7-9-13(17)10-8-12/h3-10H,2,11H2,1H3. The highest BCUT2D eigenvalue weighted by Gasteiger charge is 2.10. The van der Waals surface area contributed by atoms with E-state index in [4.69, 9.17) is 9.47 Å². The molecule has 0 aliphatic heterocycles. The van der Waals surface area contributed by atoms with E-state index in [2.05, 4.69) is 0 Å². The van der Waals surface area contributed by atoms with E-state index in [0.29, 0.717) is 23.7 Å². The Balaban J connectivity index is 2.02. The molecule has 0 heterocycles. The van der Waals surface area contributed by atoms with E-state index in [9.17, 15) is 9.18 Å². The van der Waals surface area contributed by atoms with E-state index in [0.717, 1.165) is 0 Å². The molecule has 0 fully saturated rings. The van der Waals surface area contributed by atoms with Gasteiger partial charge in [-0.15, -0.1) is 0 Å². The minimum absolute atomic E-state index is 0.0841. The monoisotopic (exact) mass is 274 g/mol. The zero-order valence-electron chi connectivity index (χ0n) is 11.1. The van der Waals surface area contributed by atoms with Crippen LogP contribution in [0.3, 0.4) is 0 Å². The quantitative estimate of drug-likeness (QED) is 0.619. The molecule has 0 radical (unpaired) electrons. The lowest BCUT2D eigenvalue weighted by atomic mass is 10.1. The van der Waals surface area contributed by atoms with Crippen LogP contribution in [0, 0.1) is 5.82 Å². The molecule has 0 unspecified atom stereocenters. The summed E-state index contributed by atoms with van der Waals surface area (Å²) in [5.41, 5.74) is 0.699. The molecular weight excluding hydrogens is 259 g/mol. The average Bonchev–Trinajstić information content (AvgIpc) is 2.44. The minimum Gasteiger partial charge on any atom is -0.490 e. The molecule has 104 valence electrons.